The molecule has 1 aliphatic rings. The van der Waals surface area contributed by atoms with E-state index in [9.17, 15) is 13.2 Å². The summed E-state index contributed by atoms with van der Waals surface area (Å²) in [5.41, 5.74) is 3.64. The average Bonchev–Trinajstić information content (AvgIpc) is 2.92. The Morgan fingerprint density at radius 2 is 1.68 bits per heavy atom. The van der Waals surface area contributed by atoms with Crippen molar-refractivity contribution in [2.45, 2.75) is 31.5 Å². The van der Waals surface area contributed by atoms with Crippen LogP contribution in [-0.4, -0.2) is 40.2 Å². The molecule has 2 aromatic heterocycles. The number of hydrogen-bond donors (Lipinski definition) is 1. The molecule has 37 heavy (non-hydrogen) atoms. The van der Waals surface area contributed by atoms with E-state index < -0.39 is 11.7 Å². The van der Waals surface area contributed by atoms with Crippen molar-refractivity contribution in [2.24, 2.45) is 0 Å². The van der Waals surface area contributed by atoms with Crippen LogP contribution in [0.2, 0.25) is 0 Å². The zero-order chi connectivity index (χ0) is 25.8. The number of halogens is 3. The standard InChI is InChI=1S/C29H28F3N5/c1-37-14-11-21(12-15-37)26-18-25(28(36-35-26)23-8-5-9-24(16-23)29(30,31)32)22-10-13-33-27(17-22)34-19-20-6-3-2-4-7-20/h2-10,13,16-18,21H,11-12,14-15,19H2,1H3,(H,33,34). The van der Waals surface area contributed by atoms with Crippen LogP contribution in [0.15, 0.2) is 79.0 Å². The van der Waals surface area contributed by atoms with Crippen LogP contribution < -0.4 is 5.32 Å². The number of alkyl halides is 3. The van der Waals surface area contributed by atoms with Gasteiger partial charge in [0.25, 0.3) is 0 Å². The number of piperidine rings is 1. The van der Waals surface area contributed by atoms with E-state index in [4.69, 9.17) is 0 Å². The van der Waals surface area contributed by atoms with Crippen LogP contribution in [-0.2, 0) is 12.7 Å². The lowest BCUT2D eigenvalue weighted by molar-refractivity contribution is -0.137. The van der Waals surface area contributed by atoms with Crippen LogP contribution in [0.25, 0.3) is 22.4 Å². The second kappa shape index (κ2) is 10.7. The van der Waals surface area contributed by atoms with Crippen LogP contribution in [0, 0.1) is 0 Å². The van der Waals surface area contributed by atoms with E-state index in [0.717, 1.165) is 60.4 Å². The highest BCUT2D eigenvalue weighted by molar-refractivity contribution is 5.81. The third kappa shape index (κ3) is 5.97. The van der Waals surface area contributed by atoms with Gasteiger partial charge in [-0.3, -0.25) is 0 Å². The Bertz CT molecular complexity index is 1350. The largest absolute Gasteiger partial charge is 0.416 e. The highest BCUT2D eigenvalue weighted by atomic mass is 19.4. The van der Waals surface area contributed by atoms with Crippen molar-refractivity contribution < 1.29 is 13.2 Å². The Labute approximate surface area is 214 Å². The SMILES string of the molecule is CN1CCC(c2cc(-c3ccnc(NCc4ccccc4)c3)c(-c3cccc(C(F)(F)F)c3)nn2)CC1. The number of rotatable bonds is 6. The first-order chi connectivity index (χ1) is 17.9. The highest BCUT2D eigenvalue weighted by Gasteiger charge is 2.31. The van der Waals surface area contributed by atoms with Gasteiger partial charge in [0.15, 0.2) is 0 Å². The van der Waals surface area contributed by atoms with Gasteiger partial charge in [-0.05, 0) is 74.4 Å². The molecular weight excluding hydrogens is 475 g/mol. The molecule has 4 aromatic rings. The van der Waals surface area contributed by atoms with Gasteiger partial charge in [0.2, 0.25) is 0 Å². The summed E-state index contributed by atoms with van der Waals surface area (Å²) in [5.74, 6) is 0.935. The van der Waals surface area contributed by atoms with Gasteiger partial charge < -0.3 is 10.2 Å². The van der Waals surface area contributed by atoms with Gasteiger partial charge in [-0.15, -0.1) is 5.10 Å². The van der Waals surface area contributed by atoms with Crippen LogP contribution in [0.4, 0.5) is 19.0 Å². The Balaban J connectivity index is 1.53. The van der Waals surface area contributed by atoms with E-state index in [2.05, 4.69) is 32.4 Å². The van der Waals surface area contributed by atoms with E-state index in [1.165, 1.54) is 6.07 Å². The minimum atomic E-state index is -4.44. The molecule has 0 spiro atoms. The average molecular weight is 504 g/mol. The number of nitrogens with zero attached hydrogens (tertiary/aromatic N) is 4. The summed E-state index contributed by atoms with van der Waals surface area (Å²) in [7, 11) is 2.10. The molecule has 1 saturated heterocycles. The van der Waals surface area contributed by atoms with Gasteiger partial charge in [0, 0.05) is 29.8 Å². The molecule has 0 atom stereocenters. The molecule has 0 saturated carbocycles. The lowest BCUT2D eigenvalue weighted by Crippen LogP contribution is -2.29. The van der Waals surface area contributed by atoms with Gasteiger partial charge >= 0.3 is 6.18 Å². The monoisotopic (exact) mass is 503 g/mol. The third-order valence-electron chi connectivity index (χ3n) is 6.80. The predicted molar refractivity (Wildman–Crippen MR) is 139 cm³/mol. The minimum absolute atomic E-state index is 0.260. The van der Waals surface area contributed by atoms with Crippen molar-refractivity contribution in [3.8, 4) is 22.4 Å². The lowest BCUT2D eigenvalue weighted by atomic mass is 9.91. The fraction of sp³-hybridized carbons (Fsp3) is 0.276. The molecule has 190 valence electrons. The van der Waals surface area contributed by atoms with Crippen molar-refractivity contribution in [2.75, 3.05) is 25.5 Å². The topological polar surface area (TPSA) is 53.9 Å². The Hall–Kier alpha value is -3.78. The third-order valence-corrected chi connectivity index (χ3v) is 6.80. The Morgan fingerprint density at radius 1 is 0.892 bits per heavy atom. The van der Waals surface area contributed by atoms with Gasteiger partial charge in [0.1, 0.15) is 11.5 Å². The van der Waals surface area contributed by atoms with Crippen molar-refractivity contribution >= 4 is 5.82 Å². The van der Waals surface area contributed by atoms with E-state index in [1.54, 1.807) is 12.3 Å². The number of pyridine rings is 1. The summed E-state index contributed by atoms with van der Waals surface area (Å²) in [6, 6.07) is 21.0. The quantitative estimate of drug-likeness (QED) is 0.319. The summed E-state index contributed by atoms with van der Waals surface area (Å²) < 4.78 is 40.4. The molecule has 8 heteroatoms. The minimum Gasteiger partial charge on any atom is -0.366 e. The molecule has 0 radical (unpaired) electrons. The van der Waals surface area contributed by atoms with Crippen LogP contribution in [0.5, 0.6) is 0 Å². The second-order valence-electron chi connectivity index (χ2n) is 9.46. The number of hydrogen-bond acceptors (Lipinski definition) is 5. The highest BCUT2D eigenvalue weighted by Crippen LogP contribution is 2.37. The van der Waals surface area contributed by atoms with Crippen LogP contribution in [0.1, 0.15) is 35.6 Å². The zero-order valence-corrected chi connectivity index (χ0v) is 20.5. The summed E-state index contributed by atoms with van der Waals surface area (Å²) >= 11 is 0. The molecule has 0 bridgehead atoms. The number of aromatic nitrogens is 3. The molecule has 5 rings (SSSR count). The molecule has 0 aliphatic carbocycles. The molecule has 1 aliphatic heterocycles. The molecule has 1 N–H and O–H groups in total. The molecule has 5 nitrogen and oxygen atoms in total. The Kier molecular flexibility index (Phi) is 7.19. The first-order valence-electron chi connectivity index (χ1n) is 12.3. The van der Waals surface area contributed by atoms with Gasteiger partial charge in [0.05, 0.1) is 11.3 Å². The zero-order valence-electron chi connectivity index (χ0n) is 20.5. The summed E-state index contributed by atoms with van der Waals surface area (Å²) in [5, 5.41) is 12.3. The van der Waals surface area contributed by atoms with E-state index in [1.807, 2.05) is 48.5 Å². The Morgan fingerprint density at radius 3 is 2.43 bits per heavy atom. The number of benzene rings is 2. The lowest BCUT2D eigenvalue weighted by Gasteiger charge is -2.28. The fourth-order valence-electron chi connectivity index (χ4n) is 4.67. The molecule has 3 heterocycles. The normalized spacial score (nSPS) is 15.0. The van der Waals surface area contributed by atoms with Gasteiger partial charge in [-0.1, -0.05) is 42.5 Å². The molecule has 2 aromatic carbocycles. The number of likely N-dealkylation sites (tertiary alicyclic amines) is 1. The predicted octanol–water partition coefficient (Wildman–Crippen LogP) is 6.65. The molecule has 1 fully saturated rings. The molecular formula is C29H28F3N5. The van der Waals surface area contributed by atoms with E-state index in [0.29, 0.717) is 23.6 Å². The van der Waals surface area contributed by atoms with Crippen LogP contribution in [0.3, 0.4) is 0 Å². The maximum Gasteiger partial charge on any atom is 0.416 e. The van der Waals surface area contributed by atoms with Gasteiger partial charge in [-0.25, -0.2) is 4.98 Å². The summed E-state index contributed by atoms with van der Waals surface area (Å²) in [4.78, 5) is 6.74. The fourth-order valence-corrected chi connectivity index (χ4v) is 4.67. The maximum absolute atomic E-state index is 13.5. The first-order valence-corrected chi connectivity index (χ1v) is 12.3. The maximum atomic E-state index is 13.5. The summed E-state index contributed by atoms with van der Waals surface area (Å²) in [6.45, 7) is 2.55. The smallest absolute Gasteiger partial charge is 0.366 e. The summed E-state index contributed by atoms with van der Waals surface area (Å²) in [6.07, 6.45) is -0.807. The van der Waals surface area contributed by atoms with Crippen molar-refractivity contribution in [3.05, 3.63) is 95.8 Å². The van der Waals surface area contributed by atoms with Gasteiger partial charge in [-0.2, -0.15) is 18.3 Å². The van der Waals surface area contributed by atoms with E-state index >= 15 is 0 Å². The number of anilines is 1. The number of nitrogens with one attached hydrogen (secondary N) is 1. The molecule has 0 unspecified atom stereocenters. The first kappa shape index (κ1) is 24.9. The van der Waals surface area contributed by atoms with E-state index in [-0.39, 0.29) is 5.92 Å². The second-order valence-corrected chi connectivity index (χ2v) is 9.46. The van der Waals surface area contributed by atoms with Crippen molar-refractivity contribution in [1.29, 1.82) is 0 Å². The van der Waals surface area contributed by atoms with Crippen molar-refractivity contribution in [3.63, 3.8) is 0 Å². The van der Waals surface area contributed by atoms with Crippen LogP contribution >= 0.6 is 0 Å². The molecule has 0 amide bonds. The van der Waals surface area contributed by atoms with Crippen molar-refractivity contribution in [1.82, 2.24) is 20.1 Å².